The summed E-state index contributed by atoms with van der Waals surface area (Å²) in [6.07, 6.45) is 0. The van der Waals surface area contributed by atoms with Crippen LogP contribution in [0.25, 0.3) is 0 Å². The Kier molecular flexibility index (Phi) is 7.33. The first-order chi connectivity index (χ1) is 12.6. The van der Waals surface area contributed by atoms with Crippen LogP contribution in [0.2, 0.25) is 0 Å². The molecule has 2 aromatic carbocycles. The average Bonchev–Trinajstić information content (AvgIpc) is 2.67. The summed E-state index contributed by atoms with van der Waals surface area (Å²) in [5, 5.41) is 8.75. The van der Waals surface area contributed by atoms with Gasteiger partial charge in [0.15, 0.2) is 0 Å². The van der Waals surface area contributed by atoms with Crippen molar-refractivity contribution in [2.45, 2.75) is 13.8 Å². The zero-order valence-corrected chi connectivity index (χ0v) is 16.2. The van der Waals surface area contributed by atoms with Crippen LogP contribution in [0.5, 0.6) is 11.5 Å². The van der Waals surface area contributed by atoms with E-state index in [-0.39, 0.29) is 13.2 Å². The van der Waals surface area contributed by atoms with Gasteiger partial charge in [-0.2, -0.15) is 5.11 Å². The van der Waals surface area contributed by atoms with Crippen molar-refractivity contribution in [3.63, 3.8) is 0 Å². The molecule has 0 unspecified atom stereocenters. The lowest BCUT2D eigenvalue weighted by Gasteiger charge is -2.19. The van der Waals surface area contributed by atoms with Crippen molar-refractivity contribution in [1.29, 1.82) is 0 Å². The van der Waals surface area contributed by atoms with E-state index in [0.29, 0.717) is 22.4 Å². The van der Waals surface area contributed by atoms with Crippen LogP contribution >= 0.6 is 7.60 Å². The molecule has 2 aromatic rings. The summed E-state index contributed by atoms with van der Waals surface area (Å²) in [5.41, 5.74) is 1.03. The number of hydrogen-bond acceptors (Lipinski definition) is 7. The minimum atomic E-state index is -3.54. The molecular formula is C18H23N2O5P. The van der Waals surface area contributed by atoms with E-state index in [9.17, 15) is 4.57 Å². The Labute approximate surface area is 153 Å². The number of nitrogens with zero attached hydrogens (tertiary/aromatic N) is 2. The number of azo groups is 1. The van der Waals surface area contributed by atoms with Gasteiger partial charge in [-0.3, -0.25) is 4.57 Å². The maximum absolute atomic E-state index is 13.2. The van der Waals surface area contributed by atoms with Crippen LogP contribution in [-0.2, 0) is 13.6 Å². The monoisotopic (exact) mass is 378 g/mol. The molecule has 26 heavy (non-hydrogen) atoms. The molecule has 0 N–H and O–H groups in total. The second-order valence-electron chi connectivity index (χ2n) is 5.09. The third-order valence-electron chi connectivity index (χ3n) is 3.42. The Hall–Kier alpha value is -2.21. The van der Waals surface area contributed by atoms with Crippen LogP contribution in [-0.4, -0.2) is 27.4 Å². The van der Waals surface area contributed by atoms with Crippen molar-refractivity contribution in [1.82, 2.24) is 0 Å². The first kappa shape index (κ1) is 20.1. The maximum Gasteiger partial charge on any atom is 0.363 e. The molecular weight excluding hydrogens is 355 g/mol. The van der Waals surface area contributed by atoms with E-state index < -0.39 is 7.60 Å². The smallest absolute Gasteiger partial charge is 0.363 e. The summed E-state index contributed by atoms with van der Waals surface area (Å²) in [5.74, 6) is 1.26. The lowest BCUT2D eigenvalue weighted by atomic mass is 10.3. The molecule has 0 aliphatic rings. The molecule has 8 heteroatoms. The van der Waals surface area contributed by atoms with Crippen LogP contribution in [0.1, 0.15) is 13.8 Å². The van der Waals surface area contributed by atoms with Crippen LogP contribution in [0.3, 0.4) is 0 Å². The van der Waals surface area contributed by atoms with Gasteiger partial charge in [-0.25, -0.2) is 0 Å². The Morgan fingerprint density at radius 3 is 1.96 bits per heavy atom. The van der Waals surface area contributed by atoms with Crippen LogP contribution in [0.4, 0.5) is 11.4 Å². The van der Waals surface area contributed by atoms with Gasteiger partial charge in [0.2, 0.25) is 0 Å². The number of benzene rings is 2. The molecule has 0 aliphatic heterocycles. The van der Waals surface area contributed by atoms with Gasteiger partial charge in [-0.1, -0.05) is 0 Å². The fourth-order valence-electron chi connectivity index (χ4n) is 2.21. The normalized spacial score (nSPS) is 11.7. The third kappa shape index (κ3) is 4.91. The highest BCUT2D eigenvalue weighted by atomic mass is 31.2. The molecule has 0 radical (unpaired) electrons. The lowest BCUT2D eigenvalue weighted by Crippen LogP contribution is -2.11. The molecule has 0 aromatic heterocycles. The van der Waals surface area contributed by atoms with E-state index in [0.717, 1.165) is 5.75 Å². The Balaban J connectivity index is 2.43. The van der Waals surface area contributed by atoms with Crippen LogP contribution < -0.4 is 14.8 Å². The lowest BCUT2D eigenvalue weighted by molar-refractivity contribution is 0.230. The van der Waals surface area contributed by atoms with Crippen molar-refractivity contribution in [3.8, 4) is 11.5 Å². The predicted molar refractivity (Wildman–Crippen MR) is 101 cm³/mol. The molecule has 7 nitrogen and oxygen atoms in total. The summed E-state index contributed by atoms with van der Waals surface area (Å²) in [6.45, 7) is 3.99. The van der Waals surface area contributed by atoms with E-state index in [1.807, 2.05) is 0 Å². The Morgan fingerprint density at radius 2 is 1.42 bits per heavy atom. The van der Waals surface area contributed by atoms with Crippen LogP contribution in [0, 0.1) is 0 Å². The quantitative estimate of drug-likeness (QED) is 0.453. The number of methoxy groups -OCH3 is 2. The molecule has 0 aliphatic carbocycles. The van der Waals surface area contributed by atoms with Gasteiger partial charge in [0.1, 0.15) is 17.2 Å². The molecule has 0 saturated carbocycles. The molecule has 0 fully saturated rings. The molecule has 0 atom stereocenters. The van der Waals surface area contributed by atoms with Crippen LogP contribution in [0.15, 0.2) is 52.7 Å². The number of ether oxygens (including phenoxy) is 2. The zero-order chi connectivity index (χ0) is 19.0. The average molecular weight is 378 g/mol. The highest BCUT2D eigenvalue weighted by Gasteiger charge is 2.30. The topological polar surface area (TPSA) is 78.7 Å². The zero-order valence-electron chi connectivity index (χ0n) is 15.3. The summed E-state index contributed by atoms with van der Waals surface area (Å²) in [7, 11) is -0.409. The van der Waals surface area contributed by atoms with Crippen molar-refractivity contribution < 1.29 is 23.1 Å². The predicted octanol–water partition coefficient (Wildman–Crippen LogP) is 5.01. The van der Waals surface area contributed by atoms with E-state index in [4.69, 9.17) is 18.5 Å². The summed E-state index contributed by atoms with van der Waals surface area (Å²) in [4.78, 5) is 0. The fourth-order valence-corrected chi connectivity index (χ4v) is 3.93. The van der Waals surface area contributed by atoms with Crippen molar-refractivity contribution in [3.05, 3.63) is 42.5 Å². The number of hydrogen-bond donors (Lipinski definition) is 0. The SMILES string of the molecule is CCOP(=O)(OCC)c1cc(OC)ccc1N=Nc1ccc(OC)cc1. The van der Waals surface area contributed by atoms with Crippen molar-refractivity contribution in [2.24, 2.45) is 10.2 Å². The first-order valence-corrected chi connectivity index (χ1v) is 9.74. The molecule has 0 heterocycles. The van der Waals surface area contributed by atoms with E-state index in [1.54, 1.807) is 63.4 Å². The summed E-state index contributed by atoms with van der Waals surface area (Å²) < 4.78 is 34.4. The highest BCUT2D eigenvalue weighted by Crippen LogP contribution is 2.50. The van der Waals surface area contributed by atoms with Gasteiger partial charge in [-0.05, 0) is 56.3 Å². The Morgan fingerprint density at radius 1 is 0.846 bits per heavy atom. The third-order valence-corrected chi connectivity index (χ3v) is 5.57. The number of rotatable bonds is 9. The largest absolute Gasteiger partial charge is 0.497 e. The van der Waals surface area contributed by atoms with E-state index in [2.05, 4.69) is 10.2 Å². The van der Waals surface area contributed by atoms with Gasteiger partial charge in [-0.15, -0.1) is 5.11 Å². The highest BCUT2D eigenvalue weighted by molar-refractivity contribution is 7.62. The Bertz CT molecular complexity index is 783. The van der Waals surface area contributed by atoms with Crippen molar-refractivity contribution in [2.75, 3.05) is 27.4 Å². The fraction of sp³-hybridized carbons (Fsp3) is 0.333. The second kappa shape index (κ2) is 9.48. The second-order valence-corrected chi connectivity index (χ2v) is 7.08. The molecule has 0 saturated heterocycles. The molecule has 0 spiro atoms. The van der Waals surface area contributed by atoms with Crippen molar-refractivity contribution >= 4 is 24.3 Å². The first-order valence-electron chi connectivity index (χ1n) is 8.19. The minimum absolute atomic E-state index is 0.240. The van der Waals surface area contributed by atoms with Gasteiger partial charge >= 0.3 is 7.60 Å². The minimum Gasteiger partial charge on any atom is -0.497 e. The summed E-state index contributed by atoms with van der Waals surface area (Å²) >= 11 is 0. The van der Waals surface area contributed by atoms with Gasteiger partial charge in [0.05, 0.1) is 38.4 Å². The van der Waals surface area contributed by atoms with Gasteiger partial charge in [0, 0.05) is 0 Å². The molecule has 0 bridgehead atoms. The van der Waals surface area contributed by atoms with E-state index >= 15 is 0 Å². The standard InChI is InChI=1S/C18H23N2O5P/c1-5-24-26(21,25-6-2)18-13-16(23-4)11-12-17(18)20-19-14-7-9-15(22-3)10-8-14/h7-13H,5-6H2,1-4H3. The maximum atomic E-state index is 13.2. The molecule has 2 rings (SSSR count). The molecule has 0 amide bonds. The van der Waals surface area contributed by atoms with Gasteiger partial charge in [0.25, 0.3) is 0 Å². The van der Waals surface area contributed by atoms with Gasteiger partial charge < -0.3 is 18.5 Å². The molecule has 140 valence electrons. The van der Waals surface area contributed by atoms with E-state index in [1.165, 1.54) is 7.11 Å². The summed E-state index contributed by atoms with van der Waals surface area (Å²) in [6, 6.07) is 12.1.